The minimum absolute atomic E-state index is 0.505. The van der Waals surface area contributed by atoms with Crippen LogP contribution in [-0.4, -0.2) is 33.1 Å². The Balaban J connectivity index is 1.46. The molecule has 0 radical (unpaired) electrons. The van der Waals surface area contributed by atoms with E-state index in [0.29, 0.717) is 16.8 Å². The first-order chi connectivity index (χ1) is 12.6. The first-order valence-corrected chi connectivity index (χ1v) is 9.27. The van der Waals surface area contributed by atoms with Gasteiger partial charge in [-0.25, -0.2) is 9.97 Å². The van der Waals surface area contributed by atoms with E-state index in [2.05, 4.69) is 45.2 Å². The second-order valence-corrected chi connectivity index (χ2v) is 7.10. The lowest BCUT2D eigenvalue weighted by Gasteiger charge is -2.19. The van der Waals surface area contributed by atoms with Crippen molar-refractivity contribution in [2.45, 2.75) is 26.2 Å². The quantitative estimate of drug-likeness (QED) is 0.631. The van der Waals surface area contributed by atoms with Gasteiger partial charge in [-0.3, -0.25) is 0 Å². The first-order valence-electron chi connectivity index (χ1n) is 8.87. The lowest BCUT2D eigenvalue weighted by molar-refractivity contribution is 0.403. The van der Waals surface area contributed by atoms with Gasteiger partial charge in [-0.05, 0) is 50.2 Å². The second-order valence-electron chi connectivity index (χ2n) is 6.76. The standard InChI is InChI=1S/C21H21N3OS/c1-14-15(2)23-20-12-18(8-9-19(20)22-14)25-21(26)24-11-10-17(13-24)16-6-4-3-5-7-16/h3-9,12,17H,10-11,13H2,1-2H3/t17-/m0/s1. The van der Waals surface area contributed by atoms with Gasteiger partial charge in [0, 0.05) is 25.1 Å². The Morgan fingerprint density at radius 3 is 2.54 bits per heavy atom. The van der Waals surface area contributed by atoms with E-state index in [4.69, 9.17) is 17.0 Å². The van der Waals surface area contributed by atoms with Crippen LogP contribution in [0.25, 0.3) is 11.0 Å². The molecule has 1 aliphatic heterocycles. The van der Waals surface area contributed by atoms with Crippen LogP contribution >= 0.6 is 12.2 Å². The fraction of sp³-hybridized carbons (Fsp3) is 0.286. The Hall–Kier alpha value is -2.53. The van der Waals surface area contributed by atoms with Crippen LogP contribution in [0.3, 0.4) is 0 Å². The third kappa shape index (κ3) is 3.40. The van der Waals surface area contributed by atoms with E-state index in [1.165, 1.54) is 5.56 Å². The summed E-state index contributed by atoms with van der Waals surface area (Å²) in [5, 5.41) is 0.527. The van der Waals surface area contributed by atoms with Gasteiger partial charge in [-0.2, -0.15) is 0 Å². The number of aryl methyl sites for hydroxylation is 2. The Labute approximate surface area is 158 Å². The predicted molar refractivity (Wildman–Crippen MR) is 108 cm³/mol. The van der Waals surface area contributed by atoms with Gasteiger partial charge < -0.3 is 9.64 Å². The normalized spacial score (nSPS) is 16.8. The summed E-state index contributed by atoms with van der Waals surface area (Å²) in [5.41, 5.74) is 4.95. The Morgan fingerprint density at radius 2 is 1.77 bits per heavy atom. The maximum Gasteiger partial charge on any atom is 0.264 e. The van der Waals surface area contributed by atoms with Gasteiger partial charge in [0.2, 0.25) is 0 Å². The maximum absolute atomic E-state index is 5.95. The molecule has 1 fully saturated rings. The van der Waals surface area contributed by atoms with Crippen molar-refractivity contribution in [1.29, 1.82) is 0 Å². The van der Waals surface area contributed by atoms with Gasteiger partial charge in [0.25, 0.3) is 5.17 Å². The molecule has 1 atom stereocenters. The molecule has 0 N–H and O–H groups in total. The van der Waals surface area contributed by atoms with E-state index in [9.17, 15) is 0 Å². The van der Waals surface area contributed by atoms with Crippen molar-refractivity contribution >= 4 is 28.4 Å². The summed E-state index contributed by atoms with van der Waals surface area (Å²) < 4.78 is 5.95. The molecule has 2 heterocycles. The van der Waals surface area contributed by atoms with Crippen molar-refractivity contribution in [3.8, 4) is 5.75 Å². The number of ether oxygens (including phenoxy) is 1. The lowest BCUT2D eigenvalue weighted by Crippen LogP contribution is -2.31. The number of rotatable bonds is 2. The molecule has 132 valence electrons. The van der Waals surface area contributed by atoms with Crippen molar-refractivity contribution in [1.82, 2.24) is 14.9 Å². The molecule has 26 heavy (non-hydrogen) atoms. The number of hydrogen-bond acceptors (Lipinski definition) is 4. The SMILES string of the molecule is Cc1nc2ccc(OC(=S)N3CC[C@H](c4ccccc4)C3)cc2nc1C. The van der Waals surface area contributed by atoms with Gasteiger partial charge in [0.15, 0.2) is 0 Å². The summed E-state index contributed by atoms with van der Waals surface area (Å²) in [4.78, 5) is 11.3. The summed E-state index contributed by atoms with van der Waals surface area (Å²) >= 11 is 5.54. The third-order valence-electron chi connectivity index (χ3n) is 4.97. The molecule has 0 spiro atoms. The number of thiocarbonyl (C=S) groups is 1. The van der Waals surface area contributed by atoms with Gasteiger partial charge >= 0.3 is 0 Å². The zero-order chi connectivity index (χ0) is 18.1. The topological polar surface area (TPSA) is 38.2 Å². The summed E-state index contributed by atoms with van der Waals surface area (Å²) in [6, 6.07) is 16.3. The average molecular weight is 363 g/mol. The van der Waals surface area contributed by atoms with Crippen molar-refractivity contribution < 1.29 is 4.74 Å². The molecule has 1 aromatic heterocycles. The lowest BCUT2D eigenvalue weighted by atomic mass is 9.99. The molecule has 0 aliphatic carbocycles. The maximum atomic E-state index is 5.95. The van der Waals surface area contributed by atoms with Gasteiger partial charge in [0.1, 0.15) is 5.75 Å². The smallest absolute Gasteiger partial charge is 0.264 e. The zero-order valence-electron chi connectivity index (χ0n) is 15.0. The van der Waals surface area contributed by atoms with Crippen molar-refractivity contribution in [3.05, 3.63) is 65.5 Å². The molecule has 4 nitrogen and oxygen atoms in total. The Kier molecular flexibility index (Phi) is 4.55. The molecular weight excluding hydrogens is 342 g/mol. The van der Waals surface area contributed by atoms with Crippen molar-refractivity contribution in [2.75, 3.05) is 13.1 Å². The number of fused-ring (bicyclic) bond motifs is 1. The van der Waals surface area contributed by atoms with Crippen LogP contribution in [0.1, 0.15) is 29.3 Å². The molecular formula is C21H21N3OS. The van der Waals surface area contributed by atoms with Crippen LogP contribution in [0.2, 0.25) is 0 Å². The molecule has 4 rings (SSSR count). The molecule has 3 aromatic rings. The molecule has 2 aromatic carbocycles. The molecule has 0 saturated carbocycles. The summed E-state index contributed by atoms with van der Waals surface area (Å²) in [6.45, 7) is 5.75. The summed E-state index contributed by atoms with van der Waals surface area (Å²) in [5.74, 6) is 1.22. The van der Waals surface area contributed by atoms with Crippen LogP contribution in [0.5, 0.6) is 5.75 Å². The molecule has 5 heteroatoms. The van der Waals surface area contributed by atoms with Crippen LogP contribution in [0.15, 0.2) is 48.5 Å². The highest BCUT2D eigenvalue weighted by atomic mass is 32.1. The molecule has 0 unspecified atom stereocenters. The number of hydrogen-bond donors (Lipinski definition) is 0. The molecule has 0 bridgehead atoms. The fourth-order valence-corrected chi connectivity index (χ4v) is 3.62. The predicted octanol–water partition coefficient (Wildman–Crippen LogP) is 4.40. The minimum Gasteiger partial charge on any atom is -0.432 e. The number of likely N-dealkylation sites (tertiary alicyclic amines) is 1. The monoisotopic (exact) mass is 363 g/mol. The summed E-state index contributed by atoms with van der Waals surface area (Å²) in [7, 11) is 0. The van der Waals surface area contributed by atoms with Crippen LogP contribution < -0.4 is 4.74 Å². The Morgan fingerprint density at radius 1 is 1.04 bits per heavy atom. The minimum atomic E-state index is 0.505. The number of aromatic nitrogens is 2. The van der Waals surface area contributed by atoms with E-state index in [-0.39, 0.29) is 0 Å². The van der Waals surface area contributed by atoms with Crippen LogP contribution in [0.4, 0.5) is 0 Å². The highest BCUT2D eigenvalue weighted by molar-refractivity contribution is 7.80. The van der Waals surface area contributed by atoms with E-state index in [1.807, 2.05) is 32.0 Å². The third-order valence-corrected chi connectivity index (χ3v) is 5.31. The van der Waals surface area contributed by atoms with Crippen molar-refractivity contribution in [3.63, 3.8) is 0 Å². The molecule has 0 amide bonds. The summed E-state index contributed by atoms with van der Waals surface area (Å²) in [6.07, 6.45) is 1.09. The second kappa shape index (κ2) is 7.00. The van der Waals surface area contributed by atoms with E-state index < -0.39 is 0 Å². The van der Waals surface area contributed by atoms with E-state index >= 15 is 0 Å². The van der Waals surface area contributed by atoms with Gasteiger partial charge in [-0.1, -0.05) is 30.3 Å². The largest absolute Gasteiger partial charge is 0.432 e. The van der Waals surface area contributed by atoms with Crippen LogP contribution in [-0.2, 0) is 0 Å². The molecule has 1 aliphatic rings. The number of benzene rings is 2. The van der Waals surface area contributed by atoms with E-state index in [1.54, 1.807) is 0 Å². The van der Waals surface area contributed by atoms with Crippen LogP contribution in [0, 0.1) is 13.8 Å². The van der Waals surface area contributed by atoms with Gasteiger partial charge in [-0.15, -0.1) is 0 Å². The molecule has 1 saturated heterocycles. The highest BCUT2D eigenvalue weighted by Crippen LogP contribution is 2.28. The van der Waals surface area contributed by atoms with E-state index in [0.717, 1.165) is 41.9 Å². The first kappa shape index (κ1) is 16.9. The highest BCUT2D eigenvalue weighted by Gasteiger charge is 2.26. The fourth-order valence-electron chi connectivity index (χ4n) is 3.36. The Bertz CT molecular complexity index is 958. The average Bonchev–Trinajstić information content (AvgIpc) is 3.14. The number of nitrogens with zero attached hydrogens (tertiary/aromatic N) is 3. The van der Waals surface area contributed by atoms with Crippen molar-refractivity contribution in [2.24, 2.45) is 0 Å². The zero-order valence-corrected chi connectivity index (χ0v) is 15.8. The van der Waals surface area contributed by atoms with Gasteiger partial charge in [0.05, 0.1) is 22.4 Å².